The van der Waals surface area contributed by atoms with Gasteiger partial charge in [0.25, 0.3) is 0 Å². The summed E-state index contributed by atoms with van der Waals surface area (Å²) in [6.07, 6.45) is 2.15. The van der Waals surface area contributed by atoms with Crippen LogP contribution in [0.4, 0.5) is 5.69 Å². The van der Waals surface area contributed by atoms with Gasteiger partial charge in [0, 0.05) is 43.5 Å². The number of carbonyl (C=O) groups is 1. The van der Waals surface area contributed by atoms with Gasteiger partial charge in [0.05, 0.1) is 18.0 Å². The Morgan fingerprint density at radius 3 is 2.81 bits per heavy atom. The van der Waals surface area contributed by atoms with Crippen molar-refractivity contribution < 1.29 is 9.21 Å². The maximum absolute atomic E-state index is 12.8. The van der Waals surface area contributed by atoms with Gasteiger partial charge < -0.3 is 20.0 Å². The van der Waals surface area contributed by atoms with Gasteiger partial charge in [-0.2, -0.15) is 5.26 Å². The Morgan fingerprint density at radius 1 is 1.26 bits per heavy atom. The van der Waals surface area contributed by atoms with Gasteiger partial charge in [0.15, 0.2) is 0 Å². The fourth-order valence-corrected chi connectivity index (χ4v) is 4.26. The van der Waals surface area contributed by atoms with Crippen molar-refractivity contribution in [3.63, 3.8) is 0 Å². The minimum Gasteiger partial charge on any atom is -0.464 e. The third-order valence-electron chi connectivity index (χ3n) is 5.00. The van der Waals surface area contributed by atoms with Gasteiger partial charge in [-0.05, 0) is 17.5 Å². The van der Waals surface area contributed by atoms with E-state index in [0.717, 1.165) is 27.1 Å². The first-order valence-corrected chi connectivity index (χ1v) is 9.77. The number of rotatable bonds is 4. The Kier molecular flexibility index (Phi) is 4.84. The predicted octanol–water partition coefficient (Wildman–Crippen LogP) is 2.58. The van der Waals surface area contributed by atoms with Gasteiger partial charge in [0.2, 0.25) is 5.91 Å². The van der Waals surface area contributed by atoms with Crippen LogP contribution in [0.25, 0.3) is 11.0 Å². The SMILES string of the molecule is N#Cc1sccc1N1CCN(C(=O)C(N)Cc2coc3ccccc23)CC1. The Morgan fingerprint density at radius 2 is 2.04 bits per heavy atom. The van der Waals surface area contributed by atoms with Crippen LogP contribution in [0.1, 0.15) is 10.4 Å². The number of nitriles is 1. The average molecular weight is 380 g/mol. The molecule has 0 saturated carbocycles. The summed E-state index contributed by atoms with van der Waals surface area (Å²) >= 11 is 1.45. The third-order valence-corrected chi connectivity index (χ3v) is 5.80. The molecule has 2 aromatic heterocycles. The predicted molar refractivity (Wildman–Crippen MR) is 106 cm³/mol. The summed E-state index contributed by atoms with van der Waals surface area (Å²) < 4.78 is 5.54. The van der Waals surface area contributed by atoms with Crippen molar-refractivity contribution in [1.29, 1.82) is 5.26 Å². The van der Waals surface area contributed by atoms with Crippen molar-refractivity contribution in [1.82, 2.24) is 4.90 Å². The lowest BCUT2D eigenvalue weighted by atomic mass is 10.0. The fraction of sp³-hybridized carbons (Fsp3) is 0.300. The fourth-order valence-electron chi connectivity index (χ4n) is 3.55. The summed E-state index contributed by atoms with van der Waals surface area (Å²) in [5.41, 5.74) is 8.95. The van der Waals surface area contributed by atoms with Gasteiger partial charge in [-0.25, -0.2) is 0 Å². The summed E-state index contributed by atoms with van der Waals surface area (Å²) in [6.45, 7) is 2.63. The second kappa shape index (κ2) is 7.43. The molecule has 2 N–H and O–H groups in total. The van der Waals surface area contributed by atoms with E-state index in [9.17, 15) is 10.1 Å². The molecular formula is C20H20N4O2S. The Balaban J connectivity index is 1.38. The van der Waals surface area contributed by atoms with Crippen LogP contribution in [0, 0.1) is 11.3 Å². The molecular weight excluding hydrogens is 360 g/mol. The molecule has 0 radical (unpaired) electrons. The first-order valence-electron chi connectivity index (χ1n) is 8.89. The van der Waals surface area contributed by atoms with Crippen molar-refractivity contribution in [2.45, 2.75) is 12.5 Å². The normalized spacial score (nSPS) is 15.7. The van der Waals surface area contributed by atoms with Gasteiger partial charge in [-0.15, -0.1) is 11.3 Å². The topological polar surface area (TPSA) is 86.5 Å². The Hall–Kier alpha value is -2.82. The molecule has 1 aliphatic heterocycles. The van der Waals surface area contributed by atoms with Crippen LogP contribution in [-0.2, 0) is 11.2 Å². The number of furan rings is 1. The molecule has 1 amide bonds. The van der Waals surface area contributed by atoms with Gasteiger partial charge in [-0.1, -0.05) is 18.2 Å². The number of hydrogen-bond acceptors (Lipinski definition) is 6. The number of nitrogens with zero attached hydrogens (tertiary/aromatic N) is 3. The molecule has 1 aromatic carbocycles. The first kappa shape index (κ1) is 17.6. The molecule has 4 rings (SSSR count). The summed E-state index contributed by atoms with van der Waals surface area (Å²) in [5.74, 6) is -0.0363. The molecule has 3 aromatic rings. The van der Waals surface area contributed by atoms with Crippen LogP contribution in [-0.4, -0.2) is 43.0 Å². The number of hydrogen-bond donors (Lipinski definition) is 1. The zero-order chi connectivity index (χ0) is 18.8. The molecule has 1 aliphatic rings. The first-order chi connectivity index (χ1) is 13.2. The van der Waals surface area contributed by atoms with E-state index in [1.54, 1.807) is 6.26 Å². The number of fused-ring (bicyclic) bond motifs is 1. The number of piperazine rings is 1. The van der Waals surface area contributed by atoms with E-state index < -0.39 is 6.04 Å². The number of nitrogens with two attached hydrogens (primary N) is 1. The number of anilines is 1. The van der Waals surface area contributed by atoms with Crippen LogP contribution in [0.2, 0.25) is 0 Å². The van der Waals surface area contributed by atoms with Crippen LogP contribution in [0.3, 0.4) is 0 Å². The highest BCUT2D eigenvalue weighted by atomic mass is 32.1. The van der Waals surface area contributed by atoms with E-state index in [-0.39, 0.29) is 5.91 Å². The molecule has 1 atom stereocenters. The van der Waals surface area contributed by atoms with Crippen LogP contribution in [0.5, 0.6) is 0 Å². The van der Waals surface area contributed by atoms with E-state index in [0.29, 0.717) is 32.6 Å². The van der Waals surface area contributed by atoms with Crippen LogP contribution in [0.15, 0.2) is 46.4 Å². The third kappa shape index (κ3) is 3.42. The molecule has 0 bridgehead atoms. The molecule has 7 heteroatoms. The van der Waals surface area contributed by atoms with Crippen molar-refractivity contribution in [2.75, 3.05) is 31.1 Å². The maximum Gasteiger partial charge on any atom is 0.239 e. The van der Waals surface area contributed by atoms with E-state index in [4.69, 9.17) is 10.2 Å². The lowest BCUT2D eigenvalue weighted by Crippen LogP contribution is -2.53. The van der Waals surface area contributed by atoms with Gasteiger partial charge >= 0.3 is 0 Å². The summed E-state index contributed by atoms with van der Waals surface area (Å²) in [4.78, 5) is 17.5. The Bertz CT molecular complexity index is 995. The van der Waals surface area contributed by atoms with Crippen molar-refractivity contribution in [2.24, 2.45) is 5.73 Å². The van der Waals surface area contributed by atoms with Gasteiger partial charge in [0.1, 0.15) is 16.5 Å². The van der Waals surface area contributed by atoms with Crippen LogP contribution < -0.4 is 10.6 Å². The summed E-state index contributed by atoms with van der Waals surface area (Å²) in [6, 6.07) is 11.4. The molecule has 1 unspecified atom stereocenters. The molecule has 1 fully saturated rings. The number of para-hydroxylation sites is 1. The second-order valence-corrected chi connectivity index (χ2v) is 7.54. The summed E-state index contributed by atoms with van der Waals surface area (Å²) in [7, 11) is 0. The molecule has 138 valence electrons. The molecule has 0 aliphatic carbocycles. The minimum absolute atomic E-state index is 0.0363. The lowest BCUT2D eigenvalue weighted by Gasteiger charge is -2.36. The zero-order valence-electron chi connectivity index (χ0n) is 14.8. The maximum atomic E-state index is 12.8. The van der Waals surface area contributed by atoms with E-state index in [1.807, 2.05) is 40.6 Å². The molecule has 6 nitrogen and oxygen atoms in total. The smallest absolute Gasteiger partial charge is 0.239 e. The second-order valence-electron chi connectivity index (χ2n) is 6.63. The average Bonchev–Trinajstić information content (AvgIpc) is 3.35. The molecule has 1 saturated heterocycles. The van der Waals surface area contributed by atoms with Gasteiger partial charge in [-0.3, -0.25) is 4.79 Å². The number of carbonyl (C=O) groups excluding carboxylic acids is 1. The van der Waals surface area contributed by atoms with E-state index >= 15 is 0 Å². The van der Waals surface area contributed by atoms with E-state index in [1.165, 1.54) is 11.3 Å². The Labute approximate surface area is 161 Å². The highest BCUT2D eigenvalue weighted by Gasteiger charge is 2.27. The monoisotopic (exact) mass is 380 g/mol. The molecule has 0 spiro atoms. The highest BCUT2D eigenvalue weighted by Crippen LogP contribution is 2.26. The molecule has 3 heterocycles. The minimum atomic E-state index is -0.589. The highest BCUT2D eigenvalue weighted by molar-refractivity contribution is 7.11. The number of thiophene rings is 1. The lowest BCUT2D eigenvalue weighted by molar-refractivity contribution is -0.132. The largest absolute Gasteiger partial charge is 0.464 e. The van der Waals surface area contributed by atoms with Crippen molar-refractivity contribution >= 4 is 33.9 Å². The van der Waals surface area contributed by atoms with E-state index in [2.05, 4.69) is 11.0 Å². The molecule has 27 heavy (non-hydrogen) atoms. The van der Waals surface area contributed by atoms with Crippen molar-refractivity contribution in [3.05, 3.63) is 52.4 Å². The van der Waals surface area contributed by atoms with Crippen LogP contribution >= 0.6 is 11.3 Å². The quantitative estimate of drug-likeness (QED) is 0.752. The standard InChI is InChI=1S/C20H20N4O2S/c21-12-19-17(5-10-27-19)23-6-8-24(9-7-23)20(25)16(22)11-14-13-26-18-4-2-1-3-15(14)18/h1-5,10,13,16H,6-9,11,22H2. The zero-order valence-corrected chi connectivity index (χ0v) is 15.6. The number of benzene rings is 1. The number of amides is 1. The van der Waals surface area contributed by atoms with Crippen molar-refractivity contribution in [3.8, 4) is 6.07 Å². The summed E-state index contributed by atoms with van der Waals surface area (Å²) in [5, 5.41) is 12.1.